The van der Waals surface area contributed by atoms with Crippen molar-refractivity contribution in [3.63, 3.8) is 0 Å². The van der Waals surface area contributed by atoms with Crippen LogP contribution >= 0.6 is 0 Å². The topological polar surface area (TPSA) is 39.1 Å². The Morgan fingerprint density at radius 1 is 1.37 bits per heavy atom. The van der Waals surface area contributed by atoms with Crippen molar-refractivity contribution in [3.05, 3.63) is 29.3 Å². The lowest BCUT2D eigenvalue weighted by Gasteiger charge is -2.20. The van der Waals surface area contributed by atoms with Crippen LogP contribution in [0.5, 0.6) is 0 Å². The molecule has 0 radical (unpaired) electrons. The maximum atomic E-state index is 8.99. The first-order chi connectivity index (χ1) is 9.17. The summed E-state index contributed by atoms with van der Waals surface area (Å²) in [5.74, 6) is 0. The lowest BCUT2D eigenvalue weighted by molar-refractivity contribution is 0.257. The summed E-state index contributed by atoms with van der Waals surface area (Å²) >= 11 is 0. The zero-order chi connectivity index (χ0) is 13.4. The van der Waals surface area contributed by atoms with E-state index in [2.05, 4.69) is 30.1 Å². The molecule has 1 aromatic carbocycles. The normalized spacial score (nSPS) is 27.2. The summed E-state index contributed by atoms with van der Waals surface area (Å²) in [6.45, 7) is 5.57. The first-order valence-corrected chi connectivity index (χ1v) is 7.20. The number of anilines is 1. The second-order valence-corrected chi connectivity index (χ2v) is 6.00. The highest BCUT2D eigenvalue weighted by atomic mass is 15.3. The van der Waals surface area contributed by atoms with Crippen molar-refractivity contribution >= 4 is 5.69 Å². The minimum atomic E-state index is 0.517. The number of aryl methyl sites for hydroxylation is 1. The number of nitriles is 1. The SMILES string of the molecule is Cc1ccc(C#N)cc1NC1CC(C)N(C2CC2)C1. The van der Waals surface area contributed by atoms with Crippen molar-refractivity contribution in [1.29, 1.82) is 5.26 Å². The van der Waals surface area contributed by atoms with Gasteiger partial charge in [0.05, 0.1) is 11.6 Å². The van der Waals surface area contributed by atoms with E-state index in [9.17, 15) is 0 Å². The number of nitrogens with one attached hydrogen (secondary N) is 1. The molecule has 0 amide bonds. The minimum absolute atomic E-state index is 0.517. The van der Waals surface area contributed by atoms with Crippen LogP contribution in [0.1, 0.15) is 37.3 Å². The number of benzene rings is 1. The number of hydrogen-bond donors (Lipinski definition) is 1. The monoisotopic (exact) mass is 255 g/mol. The van der Waals surface area contributed by atoms with Crippen LogP contribution in [0.15, 0.2) is 18.2 Å². The third kappa shape index (κ3) is 2.59. The summed E-state index contributed by atoms with van der Waals surface area (Å²) in [6, 6.07) is 10.1. The fourth-order valence-electron chi connectivity index (χ4n) is 3.14. The average Bonchev–Trinajstić information content (AvgIpc) is 3.17. The predicted molar refractivity (Wildman–Crippen MR) is 77.1 cm³/mol. The summed E-state index contributed by atoms with van der Waals surface area (Å²) in [7, 11) is 0. The molecule has 3 rings (SSSR count). The van der Waals surface area contributed by atoms with E-state index in [1.165, 1.54) is 24.8 Å². The van der Waals surface area contributed by atoms with Crippen LogP contribution < -0.4 is 5.32 Å². The molecule has 2 fully saturated rings. The molecular weight excluding hydrogens is 234 g/mol. The molecule has 1 aliphatic carbocycles. The first kappa shape index (κ1) is 12.5. The Morgan fingerprint density at radius 3 is 2.84 bits per heavy atom. The van der Waals surface area contributed by atoms with Crippen LogP contribution in [-0.2, 0) is 0 Å². The molecule has 1 saturated carbocycles. The van der Waals surface area contributed by atoms with E-state index in [0.29, 0.717) is 12.1 Å². The van der Waals surface area contributed by atoms with Crippen molar-refractivity contribution < 1.29 is 0 Å². The lowest BCUT2D eigenvalue weighted by Crippen LogP contribution is -2.31. The fourth-order valence-corrected chi connectivity index (χ4v) is 3.14. The third-order valence-corrected chi connectivity index (χ3v) is 4.37. The maximum Gasteiger partial charge on any atom is 0.0992 e. The molecule has 1 aliphatic heterocycles. The Hall–Kier alpha value is -1.53. The molecule has 0 spiro atoms. The van der Waals surface area contributed by atoms with Gasteiger partial charge < -0.3 is 5.32 Å². The number of hydrogen-bond acceptors (Lipinski definition) is 3. The van der Waals surface area contributed by atoms with Crippen LogP contribution in [0, 0.1) is 18.3 Å². The van der Waals surface area contributed by atoms with Crippen LogP contribution in [0.4, 0.5) is 5.69 Å². The van der Waals surface area contributed by atoms with Crippen molar-refractivity contribution in [1.82, 2.24) is 4.90 Å². The van der Waals surface area contributed by atoms with E-state index in [1.54, 1.807) is 0 Å². The molecular formula is C16H21N3. The molecule has 3 nitrogen and oxygen atoms in total. The highest BCUT2D eigenvalue weighted by Crippen LogP contribution is 2.34. The molecule has 1 heterocycles. The number of likely N-dealkylation sites (tertiary alicyclic amines) is 1. The van der Waals surface area contributed by atoms with Gasteiger partial charge in [0.15, 0.2) is 0 Å². The smallest absolute Gasteiger partial charge is 0.0992 e. The van der Waals surface area contributed by atoms with Gasteiger partial charge in [0.2, 0.25) is 0 Å². The van der Waals surface area contributed by atoms with Gasteiger partial charge in [-0.2, -0.15) is 5.26 Å². The Kier molecular flexibility index (Phi) is 3.20. The van der Waals surface area contributed by atoms with E-state index < -0.39 is 0 Å². The van der Waals surface area contributed by atoms with Gasteiger partial charge in [-0.05, 0) is 50.8 Å². The largest absolute Gasteiger partial charge is 0.381 e. The van der Waals surface area contributed by atoms with E-state index >= 15 is 0 Å². The minimum Gasteiger partial charge on any atom is -0.381 e. The predicted octanol–water partition coefficient (Wildman–Crippen LogP) is 2.90. The van der Waals surface area contributed by atoms with Crippen molar-refractivity contribution in [3.8, 4) is 6.07 Å². The van der Waals surface area contributed by atoms with Crippen molar-refractivity contribution in [2.24, 2.45) is 0 Å². The van der Waals surface area contributed by atoms with E-state index in [1.807, 2.05) is 18.2 Å². The Labute approximate surface area is 115 Å². The summed E-state index contributed by atoms with van der Waals surface area (Å²) in [4.78, 5) is 2.64. The number of rotatable bonds is 3. The molecule has 2 unspecified atom stereocenters. The zero-order valence-corrected chi connectivity index (χ0v) is 11.7. The quantitative estimate of drug-likeness (QED) is 0.902. The second kappa shape index (κ2) is 4.86. The molecule has 1 saturated heterocycles. The summed E-state index contributed by atoms with van der Waals surface area (Å²) in [5, 5.41) is 12.6. The number of nitrogens with zero attached hydrogens (tertiary/aromatic N) is 2. The molecule has 100 valence electrons. The molecule has 3 heteroatoms. The standard InChI is InChI=1S/C16H21N3/c1-11-3-4-13(9-17)8-16(11)18-14-7-12(2)19(10-14)15-5-6-15/h3-4,8,12,14-15,18H,5-7,10H2,1-2H3. The summed E-state index contributed by atoms with van der Waals surface area (Å²) < 4.78 is 0. The summed E-state index contributed by atoms with van der Waals surface area (Å²) in [6.07, 6.45) is 3.95. The van der Waals surface area contributed by atoms with Crippen molar-refractivity contribution in [2.75, 3.05) is 11.9 Å². The van der Waals surface area contributed by atoms with Crippen molar-refractivity contribution in [2.45, 2.75) is 51.2 Å². The van der Waals surface area contributed by atoms with Gasteiger partial charge in [-0.25, -0.2) is 0 Å². The highest BCUT2D eigenvalue weighted by Gasteiger charge is 2.38. The molecule has 1 N–H and O–H groups in total. The lowest BCUT2D eigenvalue weighted by atomic mass is 10.1. The van der Waals surface area contributed by atoms with Gasteiger partial charge in [-0.1, -0.05) is 6.07 Å². The van der Waals surface area contributed by atoms with Crippen LogP contribution in [0.3, 0.4) is 0 Å². The summed E-state index contributed by atoms with van der Waals surface area (Å²) in [5.41, 5.74) is 3.07. The fraction of sp³-hybridized carbons (Fsp3) is 0.562. The highest BCUT2D eigenvalue weighted by molar-refractivity contribution is 5.55. The average molecular weight is 255 g/mol. The molecule has 0 bridgehead atoms. The molecule has 2 atom stereocenters. The maximum absolute atomic E-state index is 8.99. The molecule has 2 aliphatic rings. The molecule has 19 heavy (non-hydrogen) atoms. The zero-order valence-electron chi connectivity index (χ0n) is 11.7. The Bertz CT molecular complexity index is 513. The van der Waals surface area contributed by atoms with E-state index in [0.717, 1.165) is 23.8 Å². The molecule has 1 aromatic rings. The van der Waals surface area contributed by atoms with Crippen LogP contribution in [0.2, 0.25) is 0 Å². The van der Waals surface area contributed by atoms with Crippen LogP contribution in [0.25, 0.3) is 0 Å². The van der Waals surface area contributed by atoms with Gasteiger partial charge in [-0.15, -0.1) is 0 Å². The Morgan fingerprint density at radius 2 is 2.16 bits per heavy atom. The third-order valence-electron chi connectivity index (χ3n) is 4.37. The van der Waals surface area contributed by atoms with Gasteiger partial charge >= 0.3 is 0 Å². The molecule has 0 aromatic heterocycles. The van der Waals surface area contributed by atoms with Gasteiger partial charge in [0.25, 0.3) is 0 Å². The van der Waals surface area contributed by atoms with E-state index in [-0.39, 0.29) is 0 Å². The van der Waals surface area contributed by atoms with Crippen LogP contribution in [-0.4, -0.2) is 29.6 Å². The van der Waals surface area contributed by atoms with Gasteiger partial charge in [0, 0.05) is 30.4 Å². The van der Waals surface area contributed by atoms with Gasteiger partial charge in [0.1, 0.15) is 0 Å². The second-order valence-electron chi connectivity index (χ2n) is 6.00. The van der Waals surface area contributed by atoms with Gasteiger partial charge in [-0.3, -0.25) is 4.90 Å². The Balaban J connectivity index is 1.70. The van der Waals surface area contributed by atoms with E-state index in [4.69, 9.17) is 5.26 Å². The first-order valence-electron chi connectivity index (χ1n) is 7.20.